The Labute approximate surface area is 173 Å². The lowest BCUT2D eigenvalue weighted by molar-refractivity contribution is -0.275. The Balaban J connectivity index is 1.16. The number of oxazole rings is 1. The van der Waals surface area contributed by atoms with Crippen LogP contribution < -0.4 is 9.64 Å². The van der Waals surface area contributed by atoms with Crippen LogP contribution in [0.3, 0.4) is 0 Å². The van der Waals surface area contributed by atoms with Crippen molar-refractivity contribution in [1.82, 2.24) is 9.88 Å². The van der Waals surface area contributed by atoms with Gasteiger partial charge in [-0.1, -0.05) is 18.2 Å². The fourth-order valence-corrected chi connectivity index (χ4v) is 5.66. The van der Waals surface area contributed by atoms with Crippen LogP contribution in [-0.4, -0.2) is 48.5 Å². The topological polar surface area (TPSA) is 41.7 Å². The molecular weight excluding hydrogens is 395 g/mol. The Hall–Kier alpha value is -2.22. The van der Waals surface area contributed by atoms with Gasteiger partial charge in [0, 0.05) is 24.5 Å². The highest BCUT2D eigenvalue weighted by atomic mass is 19.4. The van der Waals surface area contributed by atoms with Gasteiger partial charge < -0.3 is 19.0 Å². The summed E-state index contributed by atoms with van der Waals surface area (Å²) in [6.07, 6.45) is 3.96. The fourth-order valence-electron chi connectivity index (χ4n) is 5.66. The molecule has 5 nitrogen and oxygen atoms in total. The number of rotatable bonds is 4. The molecule has 0 bridgehead atoms. The van der Waals surface area contributed by atoms with Crippen LogP contribution >= 0.6 is 0 Å². The monoisotopic (exact) mass is 421 g/mol. The van der Waals surface area contributed by atoms with E-state index in [0.29, 0.717) is 23.0 Å². The third kappa shape index (κ3) is 3.89. The number of ether oxygens (including phenoxy) is 1. The van der Waals surface area contributed by atoms with Crippen molar-refractivity contribution in [3.8, 4) is 5.75 Å². The maximum Gasteiger partial charge on any atom is 0.573 e. The molecule has 0 amide bonds. The second-order valence-electron chi connectivity index (χ2n) is 8.96. The van der Waals surface area contributed by atoms with E-state index in [4.69, 9.17) is 4.42 Å². The van der Waals surface area contributed by atoms with Gasteiger partial charge >= 0.3 is 6.36 Å². The first-order valence-electron chi connectivity index (χ1n) is 10.6. The molecule has 1 saturated carbocycles. The van der Waals surface area contributed by atoms with E-state index in [9.17, 15) is 13.2 Å². The van der Waals surface area contributed by atoms with Crippen LogP contribution in [0.2, 0.25) is 0 Å². The van der Waals surface area contributed by atoms with Crippen molar-refractivity contribution in [3.63, 3.8) is 0 Å². The van der Waals surface area contributed by atoms with E-state index in [1.165, 1.54) is 25.3 Å². The first kappa shape index (κ1) is 19.7. The predicted octanol–water partition coefficient (Wildman–Crippen LogP) is 4.81. The van der Waals surface area contributed by atoms with Crippen LogP contribution in [0.1, 0.15) is 43.6 Å². The van der Waals surface area contributed by atoms with Crippen molar-refractivity contribution >= 4 is 6.01 Å². The number of hydrogen-bond acceptors (Lipinski definition) is 5. The standard InChI is InChI=1S/C22H26F3N3O2/c23-22(24,25)30-19-4-2-1-3-18(19)16-6-10-27(11-7-16)17-5-8-21(13-17)14-28(15-21)20-26-9-12-29-20/h1-4,9,12,16-17H,5-8,10-11,13-15H2/t17-/m0/s1. The van der Waals surface area contributed by atoms with Gasteiger partial charge in [-0.2, -0.15) is 0 Å². The van der Waals surface area contributed by atoms with E-state index in [0.717, 1.165) is 39.0 Å². The van der Waals surface area contributed by atoms with Crippen molar-refractivity contribution in [1.29, 1.82) is 0 Å². The Morgan fingerprint density at radius 1 is 1.10 bits per heavy atom. The molecule has 3 aliphatic rings. The molecular formula is C22H26F3N3O2. The normalized spacial score (nSPS) is 24.9. The van der Waals surface area contributed by atoms with Gasteiger partial charge in [-0.25, -0.2) is 4.98 Å². The first-order chi connectivity index (χ1) is 14.4. The Kier molecular flexibility index (Phi) is 4.92. The minimum absolute atomic E-state index is 0.0515. The summed E-state index contributed by atoms with van der Waals surface area (Å²) in [6, 6.07) is 7.87. The molecule has 0 unspecified atom stereocenters. The van der Waals surface area contributed by atoms with Gasteiger partial charge in [-0.3, -0.25) is 0 Å². The average molecular weight is 421 g/mol. The Morgan fingerprint density at radius 2 is 1.87 bits per heavy atom. The van der Waals surface area contributed by atoms with Gasteiger partial charge in [-0.15, -0.1) is 13.2 Å². The molecule has 0 radical (unpaired) electrons. The summed E-state index contributed by atoms with van der Waals surface area (Å²) in [6.45, 7) is 3.86. The fraction of sp³-hybridized carbons (Fsp3) is 0.591. The van der Waals surface area contributed by atoms with Crippen LogP contribution in [0.5, 0.6) is 5.75 Å². The number of anilines is 1. The molecule has 1 aromatic heterocycles. The molecule has 30 heavy (non-hydrogen) atoms. The summed E-state index contributed by atoms with van der Waals surface area (Å²) in [5, 5.41) is 0. The van der Waals surface area contributed by atoms with E-state index in [2.05, 4.69) is 19.5 Å². The van der Waals surface area contributed by atoms with Crippen LogP contribution in [0.25, 0.3) is 0 Å². The summed E-state index contributed by atoms with van der Waals surface area (Å²) in [5.41, 5.74) is 1.04. The zero-order chi connectivity index (χ0) is 20.8. The van der Waals surface area contributed by atoms with Gasteiger partial charge in [-0.05, 0) is 62.7 Å². The van der Waals surface area contributed by atoms with Gasteiger partial charge in [0.2, 0.25) is 0 Å². The maximum atomic E-state index is 12.7. The third-order valence-electron chi connectivity index (χ3n) is 7.05. The molecule has 2 aromatic rings. The summed E-state index contributed by atoms with van der Waals surface area (Å²) in [7, 11) is 0. The second kappa shape index (κ2) is 7.48. The largest absolute Gasteiger partial charge is 0.573 e. The van der Waals surface area contributed by atoms with Crippen molar-refractivity contribution in [3.05, 3.63) is 42.3 Å². The summed E-state index contributed by atoms with van der Waals surface area (Å²) >= 11 is 0. The molecule has 2 aliphatic heterocycles. The number of hydrogen-bond donors (Lipinski definition) is 0. The molecule has 1 aliphatic carbocycles. The van der Waals surface area contributed by atoms with Crippen LogP contribution in [-0.2, 0) is 0 Å². The van der Waals surface area contributed by atoms with Crippen LogP contribution in [0, 0.1) is 5.41 Å². The highest BCUT2D eigenvalue weighted by Crippen LogP contribution is 2.49. The lowest BCUT2D eigenvalue weighted by Gasteiger charge is -2.48. The lowest BCUT2D eigenvalue weighted by Crippen LogP contribution is -2.56. The SMILES string of the molecule is FC(F)(F)Oc1ccccc1C1CCN([C@H]2CCC3(C2)CN(c2ncco2)C3)CC1. The molecule has 1 spiro atoms. The Bertz CT molecular complexity index is 857. The van der Waals surface area contributed by atoms with Crippen molar-refractivity contribution in [2.45, 2.75) is 50.4 Å². The van der Waals surface area contributed by atoms with Crippen molar-refractivity contribution in [2.24, 2.45) is 5.41 Å². The van der Waals surface area contributed by atoms with E-state index in [1.807, 2.05) is 0 Å². The number of para-hydroxylation sites is 1. The Morgan fingerprint density at radius 3 is 2.57 bits per heavy atom. The minimum Gasteiger partial charge on any atom is -0.432 e. The van der Waals surface area contributed by atoms with E-state index >= 15 is 0 Å². The van der Waals surface area contributed by atoms with Crippen LogP contribution in [0.15, 0.2) is 41.1 Å². The lowest BCUT2D eigenvalue weighted by atomic mass is 9.78. The molecule has 3 heterocycles. The molecule has 1 atom stereocenters. The number of nitrogens with zero attached hydrogens (tertiary/aromatic N) is 3. The quantitative estimate of drug-likeness (QED) is 0.709. The third-order valence-corrected chi connectivity index (χ3v) is 7.05. The zero-order valence-electron chi connectivity index (χ0n) is 16.8. The smallest absolute Gasteiger partial charge is 0.432 e. The molecule has 1 aromatic carbocycles. The molecule has 162 valence electrons. The zero-order valence-corrected chi connectivity index (χ0v) is 16.8. The minimum atomic E-state index is -4.66. The predicted molar refractivity (Wildman–Crippen MR) is 105 cm³/mol. The summed E-state index contributed by atoms with van der Waals surface area (Å²) in [5.74, 6) is 0.0590. The number of aromatic nitrogens is 1. The molecule has 2 saturated heterocycles. The first-order valence-corrected chi connectivity index (χ1v) is 10.6. The van der Waals surface area contributed by atoms with E-state index < -0.39 is 6.36 Å². The molecule has 3 fully saturated rings. The molecule has 8 heteroatoms. The van der Waals surface area contributed by atoms with Gasteiger partial charge in [0.15, 0.2) is 0 Å². The van der Waals surface area contributed by atoms with Gasteiger partial charge in [0.25, 0.3) is 6.01 Å². The summed E-state index contributed by atoms with van der Waals surface area (Å²) in [4.78, 5) is 8.98. The second-order valence-corrected chi connectivity index (χ2v) is 8.96. The highest BCUT2D eigenvalue weighted by molar-refractivity contribution is 5.37. The summed E-state index contributed by atoms with van der Waals surface area (Å²) < 4.78 is 47.9. The van der Waals surface area contributed by atoms with Gasteiger partial charge in [0.1, 0.15) is 12.0 Å². The number of piperidine rings is 1. The van der Waals surface area contributed by atoms with Crippen molar-refractivity contribution in [2.75, 3.05) is 31.1 Å². The van der Waals surface area contributed by atoms with Crippen molar-refractivity contribution < 1.29 is 22.3 Å². The van der Waals surface area contributed by atoms with E-state index in [-0.39, 0.29) is 11.7 Å². The number of alkyl halides is 3. The van der Waals surface area contributed by atoms with Gasteiger partial charge in [0.05, 0.1) is 6.20 Å². The van der Waals surface area contributed by atoms with Crippen LogP contribution in [0.4, 0.5) is 19.2 Å². The van der Waals surface area contributed by atoms with E-state index in [1.54, 1.807) is 30.7 Å². The average Bonchev–Trinajstić information content (AvgIpc) is 3.36. The number of halogens is 3. The molecule has 5 rings (SSSR count). The molecule has 0 N–H and O–H groups in total. The highest BCUT2D eigenvalue weighted by Gasteiger charge is 2.50. The number of likely N-dealkylation sites (tertiary alicyclic amines) is 1. The maximum absolute atomic E-state index is 12.7. The number of benzene rings is 1.